The van der Waals surface area contributed by atoms with Gasteiger partial charge in [-0.3, -0.25) is 0 Å². The molecule has 0 fully saturated rings. The van der Waals surface area contributed by atoms with Gasteiger partial charge < -0.3 is 24.8 Å². The average molecular weight is 536 g/mol. The molecule has 4 rings (SSSR count). The zero-order valence-electron chi connectivity index (χ0n) is 18.4. The van der Waals surface area contributed by atoms with Crippen LogP contribution >= 0.6 is 0 Å². The van der Waals surface area contributed by atoms with Crippen LogP contribution in [0.1, 0.15) is 46.5 Å². The van der Waals surface area contributed by atoms with Gasteiger partial charge >= 0.3 is 26.2 Å². The first-order valence-corrected chi connectivity index (χ1v) is 10.8. The number of rotatable bonds is 3. The average Bonchev–Trinajstić information content (AvgIpc) is 3.37. The van der Waals surface area contributed by atoms with Crippen LogP contribution in [0, 0.1) is 0 Å². The van der Waals surface area contributed by atoms with Gasteiger partial charge in [-0.2, -0.15) is 35.0 Å². The third-order valence-electron chi connectivity index (χ3n) is 4.05. The van der Waals surface area contributed by atoms with Crippen molar-refractivity contribution in [2.75, 3.05) is 0 Å². The van der Waals surface area contributed by atoms with Gasteiger partial charge in [0.1, 0.15) is 0 Å². The van der Waals surface area contributed by atoms with Crippen molar-refractivity contribution in [2.45, 2.75) is 52.5 Å². The van der Waals surface area contributed by atoms with Crippen LogP contribution in [0.2, 0.25) is 6.04 Å². The Labute approximate surface area is 218 Å². The molecule has 0 aliphatic rings. The fourth-order valence-electron chi connectivity index (χ4n) is 2.64. The van der Waals surface area contributed by atoms with Crippen LogP contribution in [0.25, 0.3) is 21.5 Å². The van der Waals surface area contributed by atoms with E-state index in [4.69, 9.17) is 0 Å². The largest absolute Gasteiger partial charge is 4.00 e. The van der Waals surface area contributed by atoms with Crippen LogP contribution in [0.5, 0.6) is 0 Å². The van der Waals surface area contributed by atoms with Crippen molar-refractivity contribution in [3.8, 4) is 0 Å². The van der Waals surface area contributed by atoms with Crippen molar-refractivity contribution in [3.63, 3.8) is 0 Å². The van der Waals surface area contributed by atoms with E-state index in [1.807, 2.05) is 6.92 Å². The molecule has 0 unspecified atom stereocenters. The Balaban J connectivity index is -0.000000333. The Bertz CT molecular complexity index is 708. The molecule has 0 spiro atoms. The van der Waals surface area contributed by atoms with Gasteiger partial charge in [0.2, 0.25) is 0 Å². The predicted octanol–water partition coefficient (Wildman–Crippen LogP) is 2.30. The number of fused-ring (bicyclic) bond motifs is 2. The fourth-order valence-corrected chi connectivity index (χ4v) is 2.64. The van der Waals surface area contributed by atoms with Crippen molar-refractivity contribution in [2.24, 2.45) is 0 Å². The smallest absolute Gasteiger partial charge is 1.00 e. The molecule has 4 heteroatoms. The van der Waals surface area contributed by atoms with Crippen LogP contribution < -0.4 is 24.8 Å². The summed E-state index contributed by atoms with van der Waals surface area (Å²) in [5, 5.41) is 5.32. The number of benzene rings is 2. The van der Waals surface area contributed by atoms with Gasteiger partial charge in [-0.05, 0) is 0 Å². The third kappa shape index (κ3) is 14.4. The summed E-state index contributed by atoms with van der Waals surface area (Å²) in [6.45, 7) is 6.50. The number of unbranched alkanes of at least 4 members (excludes halogenated alkanes) is 3. The van der Waals surface area contributed by atoms with Crippen molar-refractivity contribution in [3.05, 3.63) is 84.9 Å². The summed E-state index contributed by atoms with van der Waals surface area (Å²) >= 11 is 0. The fraction of sp³-hybridized carbons (Fsp3) is 0.308. The predicted molar refractivity (Wildman–Crippen MR) is 125 cm³/mol. The van der Waals surface area contributed by atoms with E-state index in [9.17, 15) is 0 Å². The monoisotopic (exact) mass is 533 g/mol. The Kier molecular flexibility index (Phi) is 26.1. The summed E-state index contributed by atoms with van der Waals surface area (Å²) in [7, 11) is 3.18. The van der Waals surface area contributed by atoms with Crippen molar-refractivity contribution >= 4 is 31.8 Å². The van der Waals surface area contributed by atoms with Crippen molar-refractivity contribution in [1.82, 2.24) is 0 Å². The van der Waals surface area contributed by atoms with Gasteiger partial charge in [-0.25, -0.2) is 0 Å². The van der Waals surface area contributed by atoms with Crippen LogP contribution in [0.3, 0.4) is 0 Å². The van der Waals surface area contributed by atoms with Crippen molar-refractivity contribution in [1.29, 1.82) is 0 Å². The maximum absolute atomic E-state index is 3.18. The standard InChI is InChI=1S/2C9H7.C6H14.C2H5Si.2ClH.Zr/c2*1-2-5-9-7-3-6-8(9)4-1;1-3-5-6-4-2;1-2-3;;;/h2*1-7H;3-6H2,1-2H3;2H2,1H3;2*1H;/q2*-1;;;;;+4/p-2. The first-order valence-electron chi connectivity index (χ1n) is 10.1. The number of hydrogen-bond acceptors (Lipinski definition) is 0. The second kappa shape index (κ2) is 23.0. The van der Waals surface area contributed by atoms with E-state index in [1.54, 1.807) is 0 Å². The Hall–Kier alpha value is -0.660. The molecule has 0 heterocycles. The molecule has 0 saturated carbocycles. The summed E-state index contributed by atoms with van der Waals surface area (Å²) in [6.07, 6.45) is 5.54. The Morgan fingerprint density at radius 1 is 0.633 bits per heavy atom. The first-order chi connectivity index (χ1) is 13.3. The normalized spacial score (nSPS) is 8.53. The minimum absolute atomic E-state index is 0. The van der Waals surface area contributed by atoms with E-state index >= 15 is 0 Å². The summed E-state index contributed by atoms with van der Waals surface area (Å²) < 4.78 is 0. The molecule has 0 aliphatic heterocycles. The third-order valence-corrected chi connectivity index (χ3v) is 4.05. The molecule has 0 aromatic heterocycles. The van der Waals surface area contributed by atoms with E-state index in [2.05, 4.69) is 109 Å². The zero-order chi connectivity index (χ0) is 19.7. The van der Waals surface area contributed by atoms with Crippen LogP contribution in [0.15, 0.2) is 84.9 Å². The molecule has 4 aromatic carbocycles. The maximum atomic E-state index is 3.18. The number of halogens is 2. The van der Waals surface area contributed by atoms with Gasteiger partial charge in [-0.15, -0.1) is 59.3 Å². The molecule has 4 aromatic rings. The molecule has 0 aliphatic carbocycles. The molecule has 30 heavy (non-hydrogen) atoms. The molecule has 0 nitrogen and oxygen atoms in total. The van der Waals surface area contributed by atoms with Crippen LogP contribution in [-0.4, -0.2) is 10.2 Å². The molecule has 0 bridgehead atoms. The summed E-state index contributed by atoms with van der Waals surface area (Å²) in [4.78, 5) is 0. The summed E-state index contributed by atoms with van der Waals surface area (Å²) in [5.41, 5.74) is 0. The minimum Gasteiger partial charge on any atom is -1.00 e. The summed E-state index contributed by atoms with van der Waals surface area (Å²) in [6, 6.07) is 30.4. The van der Waals surface area contributed by atoms with E-state index in [0.717, 1.165) is 6.04 Å². The molecule has 0 atom stereocenters. The van der Waals surface area contributed by atoms with E-state index in [1.165, 1.54) is 47.2 Å². The minimum atomic E-state index is 0. The zero-order valence-corrected chi connectivity index (χ0v) is 23.3. The second-order valence-corrected chi connectivity index (χ2v) is 7.08. The maximum Gasteiger partial charge on any atom is 4.00 e. The molecule has 0 N–H and O–H groups in total. The van der Waals surface area contributed by atoms with E-state index < -0.39 is 0 Å². The quantitative estimate of drug-likeness (QED) is 0.215. The van der Waals surface area contributed by atoms with Gasteiger partial charge in [0.15, 0.2) is 0 Å². The topological polar surface area (TPSA) is 0 Å². The molecular formula is C26H33Cl2SiZr. The molecule has 0 saturated heterocycles. The SMILES string of the molecule is CCCCCC.CC[Si].[Cl-].[Cl-].[Zr+4].c1ccc2[cH-]ccc2c1.c1ccc2[cH-]ccc2c1. The molecular weight excluding hydrogens is 503 g/mol. The van der Waals surface area contributed by atoms with Gasteiger partial charge in [-0.1, -0.05) is 64.6 Å². The van der Waals surface area contributed by atoms with Gasteiger partial charge in [0.25, 0.3) is 0 Å². The molecule has 0 amide bonds. The molecule has 159 valence electrons. The van der Waals surface area contributed by atoms with E-state index in [0.29, 0.717) is 0 Å². The van der Waals surface area contributed by atoms with E-state index in [-0.39, 0.29) is 51.0 Å². The molecule has 3 radical (unpaired) electrons. The van der Waals surface area contributed by atoms with Crippen LogP contribution in [-0.2, 0) is 26.2 Å². The first kappa shape index (κ1) is 34.0. The van der Waals surface area contributed by atoms with Gasteiger partial charge in [0, 0.05) is 10.2 Å². The van der Waals surface area contributed by atoms with Gasteiger partial charge in [0.05, 0.1) is 0 Å². The summed E-state index contributed by atoms with van der Waals surface area (Å²) in [5.74, 6) is 0. The Morgan fingerprint density at radius 2 is 0.967 bits per heavy atom. The van der Waals surface area contributed by atoms with Crippen molar-refractivity contribution < 1.29 is 51.0 Å². The second-order valence-electron chi connectivity index (χ2n) is 6.37. The Morgan fingerprint density at radius 3 is 1.27 bits per heavy atom. The number of hydrogen-bond donors (Lipinski definition) is 0. The van der Waals surface area contributed by atoms with Crippen LogP contribution in [0.4, 0.5) is 0 Å².